The number of aromatic nitrogens is 6. The number of benzene rings is 10. The Hall–Kier alpha value is -9.90. The van der Waals surface area contributed by atoms with Crippen LogP contribution in [0, 0.1) is 11.3 Å². The Morgan fingerprint density at radius 1 is 0.296 bits per heavy atom. The van der Waals surface area contributed by atoms with E-state index in [-0.39, 0.29) is 0 Å². The smallest absolute Gasteiger partial charge is 0.240 e. The zero-order valence-electron chi connectivity index (χ0n) is 38.1. The average molecular weight is 906 g/mol. The Labute approximate surface area is 408 Å². The van der Waals surface area contributed by atoms with Gasteiger partial charge in [-0.3, -0.25) is 9.13 Å². The SMILES string of the molecule is N#Cc1ccc(-c2cc(-c3nc(-n4c5ccccc5c5ccccc54)nc(-n4c5ccccc5c5ccccc54)n3)ccc2-n2c3ccc(-c4ccccc4)cc3c3cc(-c4ccccc4)ccc32)cc1. The third-order valence-electron chi connectivity index (χ3n) is 14.0. The highest BCUT2D eigenvalue weighted by molar-refractivity contribution is 6.13. The van der Waals surface area contributed by atoms with Crippen molar-refractivity contribution in [3.8, 4) is 68.4 Å². The third kappa shape index (κ3) is 6.47. The summed E-state index contributed by atoms with van der Waals surface area (Å²) in [5.41, 5.74) is 15.1. The van der Waals surface area contributed by atoms with Gasteiger partial charge in [0.15, 0.2) is 5.82 Å². The quantitative estimate of drug-likeness (QED) is 0.160. The first kappa shape index (κ1) is 40.2. The maximum Gasteiger partial charge on any atom is 0.240 e. The molecule has 330 valence electrons. The molecule has 4 heterocycles. The van der Waals surface area contributed by atoms with Gasteiger partial charge in [-0.25, -0.2) is 0 Å². The van der Waals surface area contributed by atoms with E-state index in [1.54, 1.807) is 0 Å². The van der Waals surface area contributed by atoms with Crippen LogP contribution in [0.4, 0.5) is 0 Å². The van der Waals surface area contributed by atoms with Crippen molar-refractivity contribution < 1.29 is 0 Å². The van der Waals surface area contributed by atoms with Gasteiger partial charge in [0.2, 0.25) is 11.9 Å². The Kier molecular flexibility index (Phi) is 9.13. The first-order valence-electron chi connectivity index (χ1n) is 23.7. The maximum atomic E-state index is 9.94. The monoisotopic (exact) mass is 905 g/mol. The molecule has 7 nitrogen and oxygen atoms in total. The van der Waals surface area contributed by atoms with E-state index in [1.807, 2.05) is 24.3 Å². The van der Waals surface area contributed by atoms with Crippen molar-refractivity contribution >= 4 is 65.4 Å². The van der Waals surface area contributed by atoms with Gasteiger partial charge >= 0.3 is 0 Å². The highest BCUT2D eigenvalue weighted by atomic mass is 15.3. The van der Waals surface area contributed by atoms with E-state index in [2.05, 4.69) is 232 Å². The van der Waals surface area contributed by atoms with Gasteiger partial charge in [-0.15, -0.1) is 0 Å². The normalized spacial score (nSPS) is 11.6. The number of hydrogen-bond acceptors (Lipinski definition) is 4. The molecule has 0 radical (unpaired) electrons. The summed E-state index contributed by atoms with van der Waals surface area (Å²) in [6.07, 6.45) is 0. The van der Waals surface area contributed by atoms with Crippen molar-refractivity contribution in [1.29, 1.82) is 5.26 Å². The largest absolute Gasteiger partial charge is 0.309 e. The molecule has 10 aromatic carbocycles. The second-order valence-electron chi connectivity index (χ2n) is 18.0. The molecule has 0 amide bonds. The molecule has 0 unspecified atom stereocenters. The van der Waals surface area contributed by atoms with Gasteiger partial charge in [0, 0.05) is 43.4 Å². The van der Waals surface area contributed by atoms with Gasteiger partial charge in [0.05, 0.1) is 50.4 Å². The first-order chi connectivity index (χ1) is 35.2. The van der Waals surface area contributed by atoms with Crippen molar-refractivity contribution in [2.24, 2.45) is 0 Å². The molecule has 0 bridgehead atoms. The lowest BCUT2D eigenvalue weighted by molar-refractivity contribution is 0.893. The molecule has 7 heteroatoms. The van der Waals surface area contributed by atoms with Crippen LogP contribution in [0.5, 0.6) is 0 Å². The molecule has 0 aliphatic rings. The van der Waals surface area contributed by atoms with Crippen molar-refractivity contribution in [3.63, 3.8) is 0 Å². The minimum atomic E-state index is 0.513. The van der Waals surface area contributed by atoms with Gasteiger partial charge in [-0.05, 0) is 107 Å². The summed E-state index contributed by atoms with van der Waals surface area (Å²) in [7, 11) is 0. The minimum absolute atomic E-state index is 0.513. The molecule has 4 aromatic heterocycles. The van der Waals surface area contributed by atoms with Crippen molar-refractivity contribution in [2.75, 3.05) is 0 Å². The van der Waals surface area contributed by atoms with Crippen LogP contribution in [0.1, 0.15) is 5.56 Å². The van der Waals surface area contributed by atoms with Crippen LogP contribution < -0.4 is 0 Å². The Balaban J connectivity index is 1.04. The van der Waals surface area contributed by atoms with Crippen LogP contribution in [0.3, 0.4) is 0 Å². The van der Waals surface area contributed by atoms with E-state index >= 15 is 0 Å². The Bertz CT molecular complexity index is 4120. The number of nitrogens with zero attached hydrogens (tertiary/aromatic N) is 7. The first-order valence-corrected chi connectivity index (χ1v) is 23.7. The Morgan fingerprint density at radius 2 is 0.690 bits per heavy atom. The van der Waals surface area contributed by atoms with Crippen LogP contribution >= 0.6 is 0 Å². The zero-order valence-corrected chi connectivity index (χ0v) is 38.1. The van der Waals surface area contributed by atoms with E-state index in [1.165, 1.54) is 0 Å². The highest BCUT2D eigenvalue weighted by Crippen LogP contribution is 2.42. The molecule has 0 aliphatic carbocycles. The van der Waals surface area contributed by atoms with Gasteiger partial charge in [-0.1, -0.05) is 158 Å². The number of rotatable bonds is 7. The maximum absolute atomic E-state index is 9.94. The molecular weight excluding hydrogens is 867 g/mol. The lowest BCUT2D eigenvalue weighted by Crippen LogP contribution is -2.10. The molecule has 0 saturated heterocycles. The molecule has 0 saturated carbocycles. The summed E-state index contributed by atoms with van der Waals surface area (Å²) < 4.78 is 6.70. The predicted molar refractivity (Wildman–Crippen MR) is 289 cm³/mol. The Morgan fingerprint density at radius 3 is 1.14 bits per heavy atom. The van der Waals surface area contributed by atoms with E-state index in [4.69, 9.17) is 15.0 Å². The molecule has 0 spiro atoms. The van der Waals surface area contributed by atoms with Crippen LogP contribution in [0.2, 0.25) is 0 Å². The fourth-order valence-corrected chi connectivity index (χ4v) is 10.7. The molecule has 14 aromatic rings. The van der Waals surface area contributed by atoms with Crippen LogP contribution in [-0.4, -0.2) is 28.7 Å². The summed E-state index contributed by atoms with van der Waals surface area (Å²) in [4.78, 5) is 16.2. The average Bonchev–Trinajstić information content (AvgIpc) is 4.09. The summed E-state index contributed by atoms with van der Waals surface area (Å²) >= 11 is 0. The van der Waals surface area contributed by atoms with Crippen molar-refractivity contribution in [2.45, 2.75) is 0 Å². The van der Waals surface area contributed by atoms with Gasteiger partial charge < -0.3 is 4.57 Å². The molecule has 71 heavy (non-hydrogen) atoms. The number of nitriles is 1. The lowest BCUT2D eigenvalue weighted by atomic mass is 9.99. The van der Waals surface area contributed by atoms with E-state index in [9.17, 15) is 5.26 Å². The molecule has 0 fully saturated rings. The summed E-state index contributed by atoms with van der Waals surface area (Å²) in [5.74, 6) is 1.55. The van der Waals surface area contributed by atoms with Crippen molar-refractivity contribution in [1.82, 2.24) is 28.7 Å². The molecular formula is C64H39N7. The second kappa shape index (κ2) is 16.1. The highest BCUT2D eigenvalue weighted by Gasteiger charge is 2.23. The van der Waals surface area contributed by atoms with E-state index in [0.29, 0.717) is 23.3 Å². The van der Waals surface area contributed by atoms with Gasteiger partial charge in [0.1, 0.15) is 0 Å². The lowest BCUT2D eigenvalue weighted by Gasteiger charge is -2.17. The van der Waals surface area contributed by atoms with Gasteiger partial charge in [-0.2, -0.15) is 20.2 Å². The standard InChI is InChI=1S/C64H39N7/c65-40-41-27-29-44(30-28-41)52-39-47(33-36-59(52)69-60-34-31-45(42-15-3-1-4-16-42)37-53(60)54-38-46(32-35-61(54)69)43-17-5-2-6-18-43)62-66-63(70-55-23-11-7-19-48(55)49-20-8-12-24-56(49)70)68-64(67-62)71-57-25-13-9-21-50(57)51-22-10-14-26-58(51)71/h1-39H. The fourth-order valence-electron chi connectivity index (χ4n) is 10.7. The predicted octanol–water partition coefficient (Wildman–Crippen LogP) is 15.7. The molecule has 0 aliphatic heterocycles. The number of fused-ring (bicyclic) bond motifs is 9. The van der Waals surface area contributed by atoms with Gasteiger partial charge in [0.25, 0.3) is 0 Å². The third-order valence-corrected chi connectivity index (χ3v) is 14.0. The van der Waals surface area contributed by atoms with Crippen LogP contribution in [0.15, 0.2) is 237 Å². The second-order valence-corrected chi connectivity index (χ2v) is 18.0. The summed E-state index contributed by atoms with van der Waals surface area (Å²) in [6, 6.07) is 85.2. The summed E-state index contributed by atoms with van der Waals surface area (Å²) in [5, 5.41) is 16.7. The topological polar surface area (TPSA) is 77.2 Å². The zero-order chi connectivity index (χ0) is 47.0. The number of hydrogen-bond donors (Lipinski definition) is 0. The molecule has 14 rings (SSSR count). The van der Waals surface area contributed by atoms with E-state index in [0.717, 1.165) is 110 Å². The minimum Gasteiger partial charge on any atom is -0.309 e. The van der Waals surface area contributed by atoms with E-state index < -0.39 is 0 Å². The van der Waals surface area contributed by atoms with Crippen LogP contribution in [-0.2, 0) is 0 Å². The van der Waals surface area contributed by atoms with Crippen LogP contribution in [0.25, 0.3) is 128 Å². The fraction of sp³-hybridized carbons (Fsp3) is 0. The molecule has 0 N–H and O–H groups in total. The van der Waals surface area contributed by atoms with Crippen molar-refractivity contribution in [3.05, 3.63) is 242 Å². The molecule has 0 atom stereocenters. The summed E-state index contributed by atoms with van der Waals surface area (Å²) in [6.45, 7) is 0. The number of para-hydroxylation sites is 4.